The molecule has 1 fully saturated rings. The minimum Gasteiger partial charge on any atom is -0.481 e. The molecule has 0 radical (unpaired) electrons. The van der Waals surface area contributed by atoms with Crippen LogP contribution in [0.1, 0.15) is 31.2 Å². The molecule has 0 aliphatic carbocycles. The number of aliphatic carboxylic acids is 1. The van der Waals surface area contributed by atoms with Gasteiger partial charge in [0.1, 0.15) is 4.32 Å². The molecule has 1 saturated heterocycles. The van der Waals surface area contributed by atoms with Gasteiger partial charge in [0.05, 0.1) is 15.0 Å². The number of benzene rings is 1. The second kappa shape index (κ2) is 8.85. The molecule has 1 amide bonds. The van der Waals surface area contributed by atoms with Crippen LogP contribution in [-0.2, 0) is 9.59 Å². The number of carbonyl (C=O) groups is 2. The van der Waals surface area contributed by atoms with Gasteiger partial charge in [-0.3, -0.25) is 14.5 Å². The summed E-state index contributed by atoms with van der Waals surface area (Å²) in [5, 5.41) is 9.44. The van der Waals surface area contributed by atoms with Gasteiger partial charge in [-0.05, 0) is 30.5 Å². The topological polar surface area (TPSA) is 57.6 Å². The van der Waals surface area contributed by atoms with Gasteiger partial charge in [0.15, 0.2) is 0 Å². The van der Waals surface area contributed by atoms with Gasteiger partial charge in [-0.25, -0.2) is 0 Å². The maximum absolute atomic E-state index is 12.5. The van der Waals surface area contributed by atoms with Gasteiger partial charge in [0.25, 0.3) is 5.91 Å². The number of thiocarbonyl (C=S) groups is 1. The Morgan fingerprint density at radius 3 is 2.75 bits per heavy atom. The molecule has 24 heavy (non-hydrogen) atoms. The number of carbonyl (C=O) groups excluding carboxylic acids is 1. The highest BCUT2D eigenvalue weighted by Crippen LogP contribution is 2.35. The molecule has 8 heteroatoms. The minimum absolute atomic E-state index is 0.144. The maximum Gasteiger partial charge on any atom is 0.303 e. The second-order valence-electron chi connectivity index (χ2n) is 5.18. The van der Waals surface area contributed by atoms with Gasteiger partial charge in [-0.1, -0.05) is 65.7 Å². The first kappa shape index (κ1) is 19.2. The molecule has 1 aliphatic heterocycles. The minimum atomic E-state index is -0.804. The normalized spacial score (nSPS) is 16.2. The molecule has 1 aromatic rings. The van der Waals surface area contributed by atoms with Crippen LogP contribution in [0.25, 0.3) is 6.08 Å². The number of amides is 1. The highest BCUT2D eigenvalue weighted by Gasteiger charge is 2.31. The number of hydrogen-bond acceptors (Lipinski definition) is 4. The molecule has 0 bridgehead atoms. The molecule has 1 N–H and O–H groups in total. The molecule has 1 aromatic carbocycles. The quantitative estimate of drug-likeness (QED) is 0.400. The molecular weight excluding hydrogens is 389 g/mol. The van der Waals surface area contributed by atoms with Crippen molar-refractivity contribution in [1.82, 2.24) is 4.90 Å². The summed E-state index contributed by atoms with van der Waals surface area (Å²) in [5.74, 6) is -0.957. The fourth-order valence-electron chi connectivity index (χ4n) is 2.19. The molecule has 1 aliphatic rings. The van der Waals surface area contributed by atoms with E-state index in [0.717, 1.165) is 6.42 Å². The largest absolute Gasteiger partial charge is 0.481 e. The Kier molecular flexibility index (Phi) is 7.10. The van der Waals surface area contributed by atoms with Crippen LogP contribution in [0.15, 0.2) is 23.1 Å². The van der Waals surface area contributed by atoms with Crippen LogP contribution in [0.3, 0.4) is 0 Å². The zero-order chi connectivity index (χ0) is 17.7. The Hall–Kier alpha value is -1.08. The predicted octanol–water partition coefficient (Wildman–Crippen LogP) is 4.84. The van der Waals surface area contributed by atoms with Gasteiger partial charge >= 0.3 is 5.97 Å². The Labute approximate surface area is 159 Å². The van der Waals surface area contributed by atoms with Crippen molar-refractivity contribution < 1.29 is 14.7 Å². The zero-order valence-corrected chi connectivity index (χ0v) is 15.8. The van der Waals surface area contributed by atoms with Gasteiger partial charge in [0, 0.05) is 13.0 Å². The number of unbranched alkanes of at least 4 members (excludes halogenated alkanes) is 2. The van der Waals surface area contributed by atoms with Gasteiger partial charge in [0.2, 0.25) is 0 Å². The van der Waals surface area contributed by atoms with E-state index >= 15 is 0 Å². The molecule has 0 aromatic heterocycles. The number of carboxylic acids is 1. The Morgan fingerprint density at radius 2 is 2.04 bits per heavy atom. The summed E-state index contributed by atoms with van der Waals surface area (Å²) in [6.07, 6.45) is 3.88. The van der Waals surface area contributed by atoms with Crippen LogP contribution < -0.4 is 0 Å². The van der Waals surface area contributed by atoms with Crippen LogP contribution in [0, 0.1) is 0 Å². The van der Waals surface area contributed by atoms with Crippen molar-refractivity contribution in [2.75, 3.05) is 6.54 Å². The monoisotopic (exact) mass is 403 g/mol. The van der Waals surface area contributed by atoms with E-state index in [0.29, 0.717) is 44.2 Å². The van der Waals surface area contributed by atoms with Crippen molar-refractivity contribution in [3.05, 3.63) is 38.7 Å². The third-order valence-corrected chi connectivity index (χ3v) is 5.63. The SMILES string of the molecule is O=C(O)CCCCCN1C(=O)/C(=C\c2cccc(Cl)c2Cl)SC1=S. The van der Waals surface area contributed by atoms with Gasteiger partial charge < -0.3 is 5.11 Å². The first-order valence-electron chi connectivity index (χ1n) is 7.31. The highest BCUT2D eigenvalue weighted by molar-refractivity contribution is 8.26. The van der Waals surface area contributed by atoms with Crippen molar-refractivity contribution in [2.45, 2.75) is 25.7 Å². The lowest BCUT2D eigenvalue weighted by atomic mass is 10.2. The van der Waals surface area contributed by atoms with E-state index in [9.17, 15) is 9.59 Å². The average molecular weight is 404 g/mol. The van der Waals surface area contributed by atoms with Crippen LogP contribution >= 0.6 is 47.2 Å². The summed E-state index contributed by atoms with van der Waals surface area (Å²) in [7, 11) is 0. The Balaban J connectivity index is 1.99. The van der Waals surface area contributed by atoms with Crippen molar-refractivity contribution in [3.63, 3.8) is 0 Å². The first-order valence-corrected chi connectivity index (χ1v) is 9.29. The summed E-state index contributed by atoms with van der Waals surface area (Å²) < 4.78 is 0.502. The number of halogens is 2. The van der Waals surface area contributed by atoms with E-state index in [4.69, 9.17) is 40.5 Å². The highest BCUT2D eigenvalue weighted by atomic mass is 35.5. The van der Waals surface area contributed by atoms with E-state index in [1.54, 1.807) is 29.2 Å². The fourth-order valence-corrected chi connectivity index (χ4v) is 3.85. The molecule has 1 heterocycles. The summed E-state index contributed by atoms with van der Waals surface area (Å²) in [5.41, 5.74) is 0.672. The second-order valence-corrected chi connectivity index (χ2v) is 7.64. The van der Waals surface area contributed by atoms with E-state index in [1.807, 2.05) is 0 Å². The number of hydrogen-bond donors (Lipinski definition) is 1. The Morgan fingerprint density at radius 1 is 1.29 bits per heavy atom. The lowest BCUT2D eigenvalue weighted by Crippen LogP contribution is -2.29. The van der Waals surface area contributed by atoms with Crippen molar-refractivity contribution in [1.29, 1.82) is 0 Å². The fraction of sp³-hybridized carbons (Fsp3) is 0.312. The predicted molar refractivity (Wildman–Crippen MR) is 102 cm³/mol. The molecule has 0 saturated carbocycles. The third kappa shape index (κ3) is 4.96. The van der Waals surface area contributed by atoms with Crippen molar-refractivity contribution in [3.8, 4) is 0 Å². The molecule has 4 nitrogen and oxygen atoms in total. The molecular formula is C16H15Cl2NO3S2. The first-order chi connectivity index (χ1) is 11.4. The third-order valence-electron chi connectivity index (χ3n) is 3.41. The lowest BCUT2D eigenvalue weighted by molar-refractivity contribution is -0.137. The summed E-state index contributed by atoms with van der Waals surface area (Å²) >= 11 is 18.6. The summed E-state index contributed by atoms with van der Waals surface area (Å²) in [6, 6.07) is 5.24. The van der Waals surface area contributed by atoms with Crippen molar-refractivity contribution in [2.24, 2.45) is 0 Å². The van der Waals surface area contributed by atoms with Crippen LogP contribution in [0.5, 0.6) is 0 Å². The number of rotatable bonds is 7. The van der Waals surface area contributed by atoms with E-state index in [-0.39, 0.29) is 12.3 Å². The molecule has 2 rings (SSSR count). The summed E-state index contributed by atoms with van der Waals surface area (Å²) in [4.78, 5) is 25.0. The van der Waals surface area contributed by atoms with Crippen molar-refractivity contribution >= 4 is 69.5 Å². The molecule has 128 valence electrons. The number of carboxylic acid groups (broad SMARTS) is 1. The molecule has 0 spiro atoms. The zero-order valence-electron chi connectivity index (χ0n) is 12.6. The summed E-state index contributed by atoms with van der Waals surface area (Å²) in [6.45, 7) is 0.491. The standard InChI is InChI=1S/C16H15Cl2NO3S2/c17-11-6-4-5-10(14(11)18)9-12-15(22)19(16(23)24-12)8-3-1-2-7-13(20)21/h4-6,9H,1-3,7-8H2,(H,20,21)/b12-9+. The molecule has 0 atom stereocenters. The van der Waals surface area contributed by atoms with E-state index in [1.165, 1.54) is 11.8 Å². The van der Waals surface area contributed by atoms with Crippen LogP contribution in [-0.4, -0.2) is 32.7 Å². The van der Waals surface area contributed by atoms with E-state index in [2.05, 4.69) is 0 Å². The van der Waals surface area contributed by atoms with E-state index < -0.39 is 5.97 Å². The maximum atomic E-state index is 12.5. The van der Waals surface area contributed by atoms with Crippen LogP contribution in [0.4, 0.5) is 0 Å². The Bertz CT molecular complexity index is 707. The number of thioether (sulfide) groups is 1. The van der Waals surface area contributed by atoms with Gasteiger partial charge in [-0.15, -0.1) is 0 Å². The lowest BCUT2D eigenvalue weighted by Gasteiger charge is -2.13. The van der Waals surface area contributed by atoms with Crippen LogP contribution in [0.2, 0.25) is 10.0 Å². The number of nitrogens with zero attached hydrogens (tertiary/aromatic N) is 1. The smallest absolute Gasteiger partial charge is 0.303 e. The molecule has 0 unspecified atom stereocenters. The van der Waals surface area contributed by atoms with Gasteiger partial charge in [-0.2, -0.15) is 0 Å². The average Bonchev–Trinajstić information content (AvgIpc) is 2.78.